The molecule has 0 spiro atoms. The number of hydrogen-bond acceptors (Lipinski definition) is 6. The molecule has 8 bridgehead atoms. The average molecular weight is 619 g/mol. The Bertz CT molecular complexity index is 2040. The number of nitrogens with one attached hydrogen (secondary N) is 2. The summed E-state index contributed by atoms with van der Waals surface area (Å²) in [5.41, 5.74) is 15.7. The molecule has 4 atom stereocenters. The zero-order valence-corrected chi connectivity index (χ0v) is 28.8. The Hall–Kier alpha value is -4.46. The van der Waals surface area contributed by atoms with Gasteiger partial charge in [-0.05, 0) is 101 Å². The molecule has 8 nitrogen and oxygen atoms in total. The van der Waals surface area contributed by atoms with Crippen molar-refractivity contribution in [2.24, 2.45) is 0 Å². The Morgan fingerprint density at radius 2 is 0.935 bits per heavy atom. The normalized spacial score (nSPS) is 24.3. The Kier molecular flexibility index (Phi) is 6.26. The molecule has 5 heterocycles. The molecule has 2 aliphatic heterocycles. The monoisotopic (exact) mass is 618 g/mol. The first-order valence-electron chi connectivity index (χ1n) is 16.0. The first kappa shape index (κ1) is 30.2. The molecule has 0 aromatic carbocycles. The summed E-state index contributed by atoms with van der Waals surface area (Å²) in [5, 5.41) is 0. The summed E-state index contributed by atoms with van der Waals surface area (Å²) < 4.78 is 10.7. The number of ether oxygens (including phenoxy) is 2. The summed E-state index contributed by atoms with van der Waals surface area (Å²) >= 11 is 0. The van der Waals surface area contributed by atoms with Crippen molar-refractivity contribution in [3.05, 3.63) is 78.4 Å². The summed E-state index contributed by atoms with van der Waals surface area (Å²) in [4.78, 5) is 45.0. The lowest BCUT2D eigenvalue weighted by Gasteiger charge is -2.28. The SMILES string of the molecule is COC(=O)C1=Cc2c3nc(c(C)c4[nH]c(c(C)c4C)c4c5nc(c(C)c6[nH]c2c(C)c6C)C(C)C5(C)C(C(=O)OC)=C4)C(C)C13C. The average Bonchev–Trinajstić information content (AvgIpc) is 3.81. The Morgan fingerprint density at radius 3 is 1.26 bits per heavy atom. The molecule has 3 aromatic heterocycles. The quantitative estimate of drug-likeness (QED) is 0.289. The van der Waals surface area contributed by atoms with E-state index in [1.165, 1.54) is 14.2 Å². The highest BCUT2D eigenvalue weighted by atomic mass is 16.5. The number of nitrogens with zero attached hydrogens (tertiary/aromatic N) is 2. The van der Waals surface area contributed by atoms with Crippen LogP contribution in [-0.4, -0.2) is 46.1 Å². The molecule has 0 amide bonds. The van der Waals surface area contributed by atoms with Gasteiger partial charge in [0, 0.05) is 45.4 Å². The van der Waals surface area contributed by atoms with Crippen molar-refractivity contribution in [1.82, 2.24) is 19.9 Å². The lowest BCUT2D eigenvalue weighted by molar-refractivity contribution is -0.137. The number of aromatic amines is 2. The van der Waals surface area contributed by atoms with Gasteiger partial charge in [0.15, 0.2) is 0 Å². The van der Waals surface area contributed by atoms with Gasteiger partial charge in [-0.25, -0.2) is 9.59 Å². The van der Waals surface area contributed by atoms with E-state index >= 15 is 0 Å². The summed E-state index contributed by atoms with van der Waals surface area (Å²) in [6.45, 7) is 21.2. The predicted molar refractivity (Wildman–Crippen MR) is 181 cm³/mol. The van der Waals surface area contributed by atoms with Gasteiger partial charge in [-0.15, -0.1) is 0 Å². The highest BCUT2D eigenvalue weighted by Gasteiger charge is 2.53. The molecule has 0 saturated carbocycles. The van der Waals surface area contributed by atoms with Crippen molar-refractivity contribution in [1.29, 1.82) is 0 Å². The van der Waals surface area contributed by atoms with Crippen LogP contribution < -0.4 is 0 Å². The second-order valence-electron chi connectivity index (χ2n) is 14.0. The summed E-state index contributed by atoms with van der Waals surface area (Å²) in [5.74, 6) is -0.868. The zero-order valence-electron chi connectivity index (χ0n) is 28.8. The fraction of sp³-hybridized carbons (Fsp3) is 0.421. The Labute approximate surface area is 269 Å². The first-order chi connectivity index (χ1) is 21.6. The highest BCUT2D eigenvalue weighted by molar-refractivity contribution is 6.04. The molecule has 2 N–H and O–H groups in total. The van der Waals surface area contributed by atoms with E-state index in [-0.39, 0.29) is 23.8 Å². The molecular formula is C38H42N4O4. The lowest BCUT2D eigenvalue weighted by Crippen LogP contribution is -2.30. The minimum atomic E-state index is -0.663. The van der Waals surface area contributed by atoms with Gasteiger partial charge < -0.3 is 19.4 Å². The van der Waals surface area contributed by atoms with E-state index < -0.39 is 10.8 Å². The molecule has 4 unspecified atom stereocenters. The number of aryl methyl sites for hydroxylation is 6. The van der Waals surface area contributed by atoms with Gasteiger partial charge in [-0.2, -0.15) is 0 Å². The maximum atomic E-state index is 13.4. The van der Waals surface area contributed by atoms with E-state index in [1.807, 2.05) is 12.2 Å². The van der Waals surface area contributed by atoms with Crippen LogP contribution in [0.5, 0.6) is 0 Å². The van der Waals surface area contributed by atoms with E-state index in [1.54, 1.807) is 0 Å². The zero-order chi connectivity index (χ0) is 33.4. The summed E-state index contributed by atoms with van der Waals surface area (Å²) in [6, 6.07) is 0. The maximum absolute atomic E-state index is 13.4. The fourth-order valence-electron chi connectivity index (χ4n) is 8.63. The van der Waals surface area contributed by atoms with Crippen molar-refractivity contribution >= 4 is 46.2 Å². The molecule has 2 aliphatic carbocycles. The van der Waals surface area contributed by atoms with E-state index in [0.717, 1.165) is 89.4 Å². The van der Waals surface area contributed by atoms with Crippen LogP contribution in [-0.2, 0) is 29.9 Å². The third-order valence-corrected chi connectivity index (χ3v) is 12.2. The van der Waals surface area contributed by atoms with E-state index in [2.05, 4.69) is 79.2 Å². The van der Waals surface area contributed by atoms with Crippen LogP contribution in [0, 0.1) is 41.5 Å². The van der Waals surface area contributed by atoms with Gasteiger partial charge in [-0.1, -0.05) is 13.8 Å². The number of rotatable bonds is 2. The van der Waals surface area contributed by atoms with E-state index in [9.17, 15) is 9.59 Å². The summed E-state index contributed by atoms with van der Waals surface area (Å²) in [6.07, 6.45) is 3.95. The van der Waals surface area contributed by atoms with Gasteiger partial charge in [0.05, 0.1) is 58.6 Å². The maximum Gasteiger partial charge on any atom is 0.334 e. The number of hydrogen-bond donors (Lipinski definition) is 2. The minimum Gasteiger partial charge on any atom is -0.466 e. The highest BCUT2D eigenvalue weighted by Crippen LogP contribution is 2.56. The van der Waals surface area contributed by atoms with Crippen molar-refractivity contribution in [3.8, 4) is 0 Å². The molecule has 46 heavy (non-hydrogen) atoms. The Balaban J connectivity index is 1.74. The second kappa shape index (κ2) is 9.53. The second-order valence-corrected chi connectivity index (χ2v) is 14.0. The molecule has 7 rings (SSSR count). The van der Waals surface area contributed by atoms with Crippen LogP contribution in [0.15, 0.2) is 11.1 Å². The van der Waals surface area contributed by atoms with Crippen LogP contribution in [0.25, 0.3) is 34.2 Å². The van der Waals surface area contributed by atoms with Crippen LogP contribution in [0.3, 0.4) is 0 Å². The van der Waals surface area contributed by atoms with Gasteiger partial charge in [0.2, 0.25) is 0 Å². The molecule has 0 radical (unpaired) electrons. The molecule has 3 aromatic rings. The van der Waals surface area contributed by atoms with Gasteiger partial charge in [0.1, 0.15) is 0 Å². The number of aromatic nitrogens is 4. The topological polar surface area (TPSA) is 110 Å². The fourth-order valence-corrected chi connectivity index (χ4v) is 8.63. The van der Waals surface area contributed by atoms with E-state index in [4.69, 9.17) is 19.4 Å². The minimum absolute atomic E-state index is 0.0957. The Morgan fingerprint density at radius 1 is 0.609 bits per heavy atom. The number of fused-ring (bicyclic) bond motifs is 8. The van der Waals surface area contributed by atoms with Crippen molar-refractivity contribution in [2.75, 3.05) is 14.2 Å². The molecule has 238 valence electrons. The molecular weight excluding hydrogens is 576 g/mol. The van der Waals surface area contributed by atoms with Gasteiger partial charge >= 0.3 is 11.9 Å². The van der Waals surface area contributed by atoms with Crippen molar-refractivity contribution in [2.45, 2.75) is 91.9 Å². The predicted octanol–water partition coefficient (Wildman–Crippen LogP) is 7.43. The number of carbonyl (C=O) groups is 2. The smallest absolute Gasteiger partial charge is 0.334 e. The van der Waals surface area contributed by atoms with E-state index in [0.29, 0.717) is 11.1 Å². The summed E-state index contributed by atoms with van der Waals surface area (Å²) in [7, 11) is 2.88. The third kappa shape index (κ3) is 3.39. The number of H-pyrrole nitrogens is 2. The van der Waals surface area contributed by atoms with Crippen molar-refractivity contribution < 1.29 is 19.1 Å². The van der Waals surface area contributed by atoms with Crippen LogP contribution in [0.4, 0.5) is 0 Å². The molecule has 8 heteroatoms. The van der Waals surface area contributed by atoms with Crippen LogP contribution >= 0.6 is 0 Å². The first-order valence-corrected chi connectivity index (χ1v) is 16.0. The number of carbonyl (C=O) groups excluding carboxylic acids is 2. The largest absolute Gasteiger partial charge is 0.466 e. The lowest BCUT2D eigenvalue weighted by atomic mass is 9.72. The molecule has 0 saturated heterocycles. The standard InChI is InChI=1S/C38H42N4O4/c1-15-17(3)31-23-13-25(35(43)45-11)38(10)22(8)30(42-33(23)38)20(6)28-16(2)18(4)32(40-28)24-14-26(36(44)46-12)37(9)21(7)29(41-34(24)37)19(5)27(15)39-31/h13-14,21-22,39-40H,1-12H3. The molecule has 0 fully saturated rings. The van der Waals surface area contributed by atoms with Gasteiger partial charge in [0.25, 0.3) is 0 Å². The van der Waals surface area contributed by atoms with Crippen LogP contribution in [0.2, 0.25) is 0 Å². The van der Waals surface area contributed by atoms with Gasteiger partial charge in [-0.3, -0.25) is 9.97 Å². The molecule has 4 aliphatic rings. The number of esters is 2. The van der Waals surface area contributed by atoms with Crippen molar-refractivity contribution in [3.63, 3.8) is 0 Å². The number of methoxy groups -OCH3 is 2. The third-order valence-electron chi connectivity index (χ3n) is 12.2. The van der Waals surface area contributed by atoms with Crippen LogP contribution in [0.1, 0.15) is 107 Å².